The maximum absolute atomic E-state index is 12.5. The fraction of sp³-hybridized carbons (Fsp3) is 0.529. The molecule has 0 aliphatic carbocycles. The zero-order valence-electron chi connectivity index (χ0n) is 14.2. The summed E-state index contributed by atoms with van der Waals surface area (Å²) in [6.07, 6.45) is 0.939. The van der Waals surface area contributed by atoms with Crippen molar-refractivity contribution in [2.75, 3.05) is 19.7 Å². The number of nitrogens with one attached hydrogen (secondary N) is 1. The fourth-order valence-electron chi connectivity index (χ4n) is 1.96. The molecule has 23 heavy (non-hydrogen) atoms. The van der Waals surface area contributed by atoms with Gasteiger partial charge in [-0.3, -0.25) is 10.1 Å². The van der Waals surface area contributed by atoms with Crippen LogP contribution < -0.4 is 10.1 Å². The van der Waals surface area contributed by atoms with Crippen LogP contribution >= 0.6 is 28.1 Å². The SMILES string of the molecule is CCN(CC)C(=S)NC(=O)c1cc(Br)ccc1OCCC(C)C. The Hall–Kier alpha value is -1.14. The number of hydrogen-bond acceptors (Lipinski definition) is 3. The van der Waals surface area contributed by atoms with Crippen molar-refractivity contribution >= 4 is 39.2 Å². The van der Waals surface area contributed by atoms with Crippen LogP contribution in [0.25, 0.3) is 0 Å². The first-order valence-electron chi connectivity index (χ1n) is 7.91. The molecule has 128 valence electrons. The van der Waals surface area contributed by atoms with Gasteiger partial charge in [-0.15, -0.1) is 0 Å². The van der Waals surface area contributed by atoms with Gasteiger partial charge in [-0.2, -0.15) is 0 Å². The second kappa shape index (κ2) is 9.88. The lowest BCUT2D eigenvalue weighted by molar-refractivity contribution is 0.0969. The van der Waals surface area contributed by atoms with Crippen molar-refractivity contribution in [3.63, 3.8) is 0 Å². The maximum atomic E-state index is 12.5. The maximum Gasteiger partial charge on any atom is 0.261 e. The third-order valence-electron chi connectivity index (χ3n) is 3.41. The predicted molar refractivity (Wildman–Crippen MR) is 102 cm³/mol. The lowest BCUT2D eigenvalue weighted by Gasteiger charge is -2.22. The number of rotatable bonds is 7. The minimum absolute atomic E-state index is 0.247. The molecule has 1 aromatic rings. The average Bonchev–Trinajstić information content (AvgIpc) is 2.49. The number of nitrogens with zero attached hydrogens (tertiary/aromatic N) is 1. The van der Waals surface area contributed by atoms with Crippen molar-refractivity contribution < 1.29 is 9.53 Å². The molecule has 0 unspecified atom stereocenters. The highest BCUT2D eigenvalue weighted by Gasteiger charge is 2.16. The summed E-state index contributed by atoms with van der Waals surface area (Å²) in [7, 11) is 0. The minimum Gasteiger partial charge on any atom is -0.493 e. The lowest BCUT2D eigenvalue weighted by Crippen LogP contribution is -2.42. The number of thiocarbonyl (C=S) groups is 1. The van der Waals surface area contributed by atoms with Crippen LogP contribution in [0.2, 0.25) is 0 Å². The van der Waals surface area contributed by atoms with Crippen molar-refractivity contribution in [3.8, 4) is 5.75 Å². The van der Waals surface area contributed by atoms with Gasteiger partial charge in [0, 0.05) is 17.6 Å². The van der Waals surface area contributed by atoms with E-state index in [1.54, 1.807) is 12.1 Å². The molecular weight excluding hydrogens is 376 g/mol. The molecule has 6 heteroatoms. The van der Waals surface area contributed by atoms with E-state index >= 15 is 0 Å². The van der Waals surface area contributed by atoms with E-state index in [9.17, 15) is 4.79 Å². The van der Waals surface area contributed by atoms with Gasteiger partial charge in [0.2, 0.25) is 0 Å². The molecule has 0 saturated carbocycles. The van der Waals surface area contributed by atoms with Gasteiger partial charge >= 0.3 is 0 Å². The minimum atomic E-state index is -0.247. The van der Waals surface area contributed by atoms with Gasteiger partial charge in [0.25, 0.3) is 5.91 Å². The molecule has 0 atom stereocenters. The summed E-state index contributed by atoms with van der Waals surface area (Å²) >= 11 is 8.69. The van der Waals surface area contributed by atoms with Gasteiger partial charge in [-0.25, -0.2) is 0 Å². The third kappa shape index (κ3) is 6.47. The smallest absolute Gasteiger partial charge is 0.261 e. The standard InChI is InChI=1S/C17H25BrN2O2S/c1-5-20(6-2)17(23)19-16(21)14-11-13(18)7-8-15(14)22-10-9-12(3)4/h7-8,11-12H,5-6,9-10H2,1-4H3,(H,19,21,23). The molecule has 0 bridgehead atoms. The summed E-state index contributed by atoms with van der Waals surface area (Å²) in [6.45, 7) is 10.4. The first kappa shape index (κ1) is 19.9. The van der Waals surface area contributed by atoms with Crippen LogP contribution in [0.5, 0.6) is 5.75 Å². The van der Waals surface area contributed by atoms with Gasteiger partial charge < -0.3 is 9.64 Å². The van der Waals surface area contributed by atoms with E-state index in [4.69, 9.17) is 17.0 Å². The average molecular weight is 401 g/mol. The molecule has 0 aliphatic rings. The van der Waals surface area contributed by atoms with E-state index in [1.165, 1.54) is 0 Å². The van der Waals surface area contributed by atoms with Crippen molar-refractivity contribution in [2.45, 2.75) is 34.1 Å². The zero-order valence-corrected chi connectivity index (χ0v) is 16.6. The molecule has 0 spiro atoms. The van der Waals surface area contributed by atoms with Gasteiger partial charge in [0.1, 0.15) is 5.75 Å². The zero-order chi connectivity index (χ0) is 17.4. The Labute approximate surface area is 152 Å². The number of amides is 1. The van der Waals surface area contributed by atoms with Crippen LogP contribution in [0, 0.1) is 5.92 Å². The van der Waals surface area contributed by atoms with Crippen molar-refractivity contribution in [3.05, 3.63) is 28.2 Å². The number of carbonyl (C=O) groups excluding carboxylic acids is 1. The van der Waals surface area contributed by atoms with Gasteiger partial charge in [0.05, 0.1) is 12.2 Å². The summed E-state index contributed by atoms with van der Waals surface area (Å²) in [5.74, 6) is 0.884. The van der Waals surface area contributed by atoms with Crippen LogP contribution in [-0.4, -0.2) is 35.6 Å². The Morgan fingerprint density at radius 2 is 2.00 bits per heavy atom. The van der Waals surface area contributed by atoms with Crippen LogP contribution in [0.15, 0.2) is 22.7 Å². The van der Waals surface area contributed by atoms with E-state index in [2.05, 4.69) is 35.1 Å². The summed E-state index contributed by atoms with van der Waals surface area (Å²) in [5, 5.41) is 3.22. The van der Waals surface area contributed by atoms with Crippen LogP contribution in [0.3, 0.4) is 0 Å². The van der Waals surface area contributed by atoms with Crippen molar-refractivity contribution in [1.82, 2.24) is 10.2 Å². The molecule has 1 rings (SSSR count). The van der Waals surface area contributed by atoms with E-state index in [0.29, 0.717) is 29.0 Å². The molecule has 0 fully saturated rings. The number of halogens is 1. The highest BCUT2D eigenvalue weighted by atomic mass is 79.9. The second-order valence-corrected chi connectivity index (χ2v) is 6.91. The largest absolute Gasteiger partial charge is 0.493 e. The van der Waals surface area contributed by atoms with E-state index in [-0.39, 0.29) is 5.91 Å². The van der Waals surface area contributed by atoms with Gasteiger partial charge in [-0.1, -0.05) is 29.8 Å². The molecule has 0 radical (unpaired) electrons. The topological polar surface area (TPSA) is 41.6 Å². The monoisotopic (exact) mass is 400 g/mol. The van der Waals surface area contributed by atoms with E-state index in [1.807, 2.05) is 24.8 Å². The Morgan fingerprint density at radius 3 is 2.57 bits per heavy atom. The molecule has 1 amide bonds. The molecule has 1 N–H and O–H groups in total. The van der Waals surface area contributed by atoms with E-state index in [0.717, 1.165) is 24.0 Å². The molecule has 0 heterocycles. The molecule has 0 saturated heterocycles. The Morgan fingerprint density at radius 1 is 1.35 bits per heavy atom. The van der Waals surface area contributed by atoms with Crippen molar-refractivity contribution in [2.24, 2.45) is 5.92 Å². The number of hydrogen-bond donors (Lipinski definition) is 1. The second-order valence-electron chi connectivity index (χ2n) is 5.60. The molecule has 0 aliphatic heterocycles. The number of carbonyl (C=O) groups is 1. The number of ether oxygens (including phenoxy) is 1. The molecule has 0 aromatic heterocycles. The Bertz CT molecular complexity index is 545. The lowest BCUT2D eigenvalue weighted by atomic mass is 10.1. The first-order chi connectivity index (χ1) is 10.9. The third-order valence-corrected chi connectivity index (χ3v) is 4.26. The van der Waals surface area contributed by atoms with Crippen LogP contribution in [0.1, 0.15) is 44.5 Å². The molecular formula is C17H25BrN2O2S. The van der Waals surface area contributed by atoms with Crippen LogP contribution in [-0.2, 0) is 0 Å². The van der Waals surface area contributed by atoms with Gasteiger partial charge in [-0.05, 0) is 56.6 Å². The quantitative estimate of drug-likeness (QED) is 0.695. The normalized spacial score (nSPS) is 10.5. The Kier molecular flexibility index (Phi) is 8.55. The molecule has 4 nitrogen and oxygen atoms in total. The summed E-state index contributed by atoms with van der Waals surface area (Å²) in [5.41, 5.74) is 0.484. The predicted octanol–water partition coefficient (Wildman–Crippen LogP) is 4.23. The highest BCUT2D eigenvalue weighted by molar-refractivity contribution is 9.10. The molecule has 1 aromatic carbocycles. The summed E-state index contributed by atoms with van der Waals surface area (Å²) in [6, 6.07) is 5.43. The first-order valence-corrected chi connectivity index (χ1v) is 9.11. The van der Waals surface area contributed by atoms with E-state index < -0.39 is 0 Å². The van der Waals surface area contributed by atoms with Gasteiger partial charge in [0.15, 0.2) is 5.11 Å². The summed E-state index contributed by atoms with van der Waals surface area (Å²) < 4.78 is 6.61. The fourth-order valence-corrected chi connectivity index (χ4v) is 2.68. The number of benzene rings is 1. The summed E-state index contributed by atoms with van der Waals surface area (Å²) in [4.78, 5) is 14.5. The Balaban J connectivity index is 2.85. The highest BCUT2D eigenvalue weighted by Crippen LogP contribution is 2.24. The van der Waals surface area contributed by atoms with Crippen LogP contribution in [0.4, 0.5) is 0 Å². The van der Waals surface area contributed by atoms with Crippen molar-refractivity contribution in [1.29, 1.82) is 0 Å².